The quantitative estimate of drug-likeness (QED) is 0.170. The van der Waals surface area contributed by atoms with Gasteiger partial charge >= 0.3 is 0 Å². The van der Waals surface area contributed by atoms with E-state index in [1.54, 1.807) is 6.07 Å². The lowest BCUT2D eigenvalue weighted by Gasteiger charge is -2.48. The van der Waals surface area contributed by atoms with Crippen molar-refractivity contribution in [1.29, 1.82) is 0 Å². The van der Waals surface area contributed by atoms with Gasteiger partial charge in [-0.1, -0.05) is 74.3 Å². The first-order valence-corrected chi connectivity index (χ1v) is 15.5. The smallest absolute Gasteiger partial charge is 0.217 e. The Morgan fingerprint density at radius 3 is 2.23 bits per heavy atom. The maximum atomic E-state index is 6.30. The van der Waals surface area contributed by atoms with Gasteiger partial charge in [0.05, 0.1) is 18.0 Å². The molecule has 3 aromatic carbocycles. The van der Waals surface area contributed by atoms with Gasteiger partial charge in [-0.2, -0.15) is 5.10 Å². The van der Waals surface area contributed by atoms with Gasteiger partial charge in [-0.05, 0) is 49.4 Å². The van der Waals surface area contributed by atoms with Crippen LogP contribution in [0, 0.1) is 0 Å². The van der Waals surface area contributed by atoms with E-state index in [1.165, 1.54) is 5.39 Å². The molecule has 4 rings (SSSR count). The number of rotatable bonds is 8. The fraction of sp³-hybridized carbons (Fsp3) is 0.321. The first kappa shape index (κ1) is 25.8. The zero-order valence-electron chi connectivity index (χ0n) is 20.9. The van der Waals surface area contributed by atoms with E-state index in [9.17, 15) is 0 Å². The van der Waals surface area contributed by atoms with Crippen molar-refractivity contribution in [2.24, 2.45) is 0 Å². The third-order valence-electron chi connectivity index (χ3n) is 6.62. The van der Waals surface area contributed by atoms with Crippen molar-refractivity contribution in [3.8, 4) is 22.8 Å². The molecular weight excluding hydrogens is 495 g/mol. The SMILES string of the molecule is CC(C)(C)[Si-](C)(C)OCCCOc1cc(-c2cc(Cl)cc(Cl)c2)nn1-c1ccc2ccccc2c1. The summed E-state index contributed by atoms with van der Waals surface area (Å²) in [6, 6.07) is 21.9. The Labute approximate surface area is 218 Å². The molecule has 0 atom stereocenters. The largest absolute Gasteiger partial charge is 0.564 e. The minimum absolute atomic E-state index is 0.190. The molecule has 0 amide bonds. The van der Waals surface area contributed by atoms with Crippen molar-refractivity contribution in [3.05, 3.63) is 76.8 Å². The fourth-order valence-electron chi connectivity index (χ4n) is 3.58. The third kappa shape index (κ3) is 6.10. The standard InChI is InChI=1S/C28H32Cl2N2O2Si/c1-28(2,3)35(4,5)34-14-8-13-33-27-19-26(22-15-23(29)18-24(30)16-22)31-32(27)25-12-11-20-9-6-7-10-21(20)17-25/h6-7,9-12,15-19H,8,13-14H2,1-5H3/q-1. The Hall–Kier alpha value is -2.31. The van der Waals surface area contributed by atoms with Gasteiger partial charge in [0.15, 0.2) is 0 Å². The molecule has 4 aromatic rings. The van der Waals surface area contributed by atoms with E-state index in [1.807, 2.05) is 35.0 Å². The summed E-state index contributed by atoms with van der Waals surface area (Å²) in [4.78, 5) is 0. The van der Waals surface area contributed by atoms with Crippen molar-refractivity contribution >= 4 is 42.3 Å². The van der Waals surface area contributed by atoms with Crippen LogP contribution in [0.2, 0.25) is 28.2 Å². The number of ether oxygens (including phenoxy) is 1. The molecule has 0 bridgehead atoms. The second kappa shape index (κ2) is 10.4. The molecule has 0 radical (unpaired) electrons. The summed E-state index contributed by atoms with van der Waals surface area (Å²) >= 11 is 12.5. The average Bonchev–Trinajstić information content (AvgIpc) is 3.21. The molecule has 0 spiro atoms. The summed E-state index contributed by atoms with van der Waals surface area (Å²) < 4.78 is 14.4. The lowest BCUT2D eigenvalue weighted by molar-refractivity contribution is 0.226. The molecule has 185 valence electrons. The monoisotopic (exact) mass is 526 g/mol. The average molecular weight is 528 g/mol. The van der Waals surface area contributed by atoms with Crippen molar-refractivity contribution < 1.29 is 9.16 Å². The number of halogens is 2. The molecule has 35 heavy (non-hydrogen) atoms. The number of benzene rings is 3. The molecule has 0 saturated carbocycles. The van der Waals surface area contributed by atoms with Crippen LogP contribution in [0.1, 0.15) is 27.2 Å². The Kier molecular flexibility index (Phi) is 7.62. The third-order valence-corrected chi connectivity index (χ3v) is 11.6. The van der Waals surface area contributed by atoms with Crippen LogP contribution in [-0.4, -0.2) is 31.3 Å². The van der Waals surface area contributed by atoms with Gasteiger partial charge in [0, 0.05) is 34.7 Å². The van der Waals surface area contributed by atoms with Gasteiger partial charge in [-0.3, -0.25) is 0 Å². The molecular formula is C28H32Cl2N2O2Si-. The molecule has 0 N–H and O–H groups in total. The van der Waals surface area contributed by atoms with E-state index >= 15 is 0 Å². The molecule has 0 fully saturated rings. The van der Waals surface area contributed by atoms with Crippen LogP contribution in [0.4, 0.5) is 0 Å². The minimum atomic E-state index is -1.77. The molecule has 1 aromatic heterocycles. The summed E-state index contributed by atoms with van der Waals surface area (Å²) in [6.07, 6.45) is 0.799. The highest BCUT2D eigenvalue weighted by Gasteiger charge is 2.24. The van der Waals surface area contributed by atoms with Gasteiger partial charge < -0.3 is 9.16 Å². The molecule has 7 heteroatoms. The van der Waals surface area contributed by atoms with Gasteiger partial charge in [0.25, 0.3) is 0 Å². The van der Waals surface area contributed by atoms with Crippen LogP contribution in [-0.2, 0) is 4.43 Å². The van der Waals surface area contributed by atoms with Gasteiger partial charge in [0.1, 0.15) is 0 Å². The first-order valence-electron chi connectivity index (χ1n) is 11.9. The number of nitrogens with zero attached hydrogens (tertiary/aromatic N) is 2. The van der Waals surface area contributed by atoms with E-state index < -0.39 is 8.32 Å². The van der Waals surface area contributed by atoms with Crippen molar-refractivity contribution in [2.75, 3.05) is 13.2 Å². The topological polar surface area (TPSA) is 36.3 Å². The second-order valence-corrected chi connectivity index (χ2v) is 16.0. The number of aromatic nitrogens is 2. The second-order valence-electron chi connectivity index (χ2n) is 10.3. The van der Waals surface area contributed by atoms with Gasteiger partial charge in [0.2, 0.25) is 5.88 Å². The molecule has 4 nitrogen and oxygen atoms in total. The Morgan fingerprint density at radius 2 is 1.54 bits per heavy atom. The normalized spacial score (nSPS) is 12.3. The summed E-state index contributed by atoms with van der Waals surface area (Å²) in [6.45, 7) is 12.5. The first-order chi connectivity index (χ1) is 16.5. The van der Waals surface area contributed by atoms with Crippen molar-refractivity contribution in [1.82, 2.24) is 9.78 Å². The zero-order chi connectivity index (χ0) is 25.2. The highest BCUT2D eigenvalue weighted by Crippen LogP contribution is 2.36. The maximum absolute atomic E-state index is 6.30. The van der Waals surface area contributed by atoms with Crippen LogP contribution >= 0.6 is 23.2 Å². The lowest BCUT2D eigenvalue weighted by atomic mass is 10.1. The highest BCUT2D eigenvalue weighted by atomic mass is 35.5. The Morgan fingerprint density at radius 1 is 0.857 bits per heavy atom. The number of hydrogen-bond donors (Lipinski definition) is 0. The molecule has 0 unspecified atom stereocenters. The lowest BCUT2D eigenvalue weighted by Crippen LogP contribution is -2.41. The molecule has 1 heterocycles. The number of fused-ring (bicyclic) bond motifs is 1. The van der Waals surface area contributed by atoms with Crippen LogP contribution in [0.25, 0.3) is 27.7 Å². The highest BCUT2D eigenvalue weighted by molar-refractivity contribution is 6.74. The van der Waals surface area contributed by atoms with Crippen molar-refractivity contribution in [2.45, 2.75) is 45.3 Å². The fourth-order valence-corrected chi connectivity index (χ4v) is 5.20. The Balaban J connectivity index is 1.58. The van der Waals surface area contributed by atoms with E-state index in [0.29, 0.717) is 29.1 Å². The van der Waals surface area contributed by atoms with Gasteiger partial charge in [-0.15, -0.1) is 18.1 Å². The molecule has 0 aliphatic heterocycles. The van der Waals surface area contributed by atoms with Gasteiger partial charge in [-0.25, -0.2) is 4.68 Å². The zero-order valence-corrected chi connectivity index (χ0v) is 23.5. The van der Waals surface area contributed by atoms with Crippen LogP contribution in [0.15, 0.2) is 66.7 Å². The molecule has 0 saturated heterocycles. The molecule has 0 aliphatic rings. The van der Waals surface area contributed by atoms with Crippen LogP contribution < -0.4 is 4.74 Å². The van der Waals surface area contributed by atoms with E-state index in [-0.39, 0.29) is 5.04 Å². The van der Waals surface area contributed by atoms with E-state index in [0.717, 1.165) is 28.8 Å². The summed E-state index contributed by atoms with van der Waals surface area (Å²) in [7, 11) is -1.77. The predicted molar refractivity (Wildman–Crippen MR) is 150 cm³/mol. The minimum Gasteiger partial charge on any atom is -0.564 e. The predicted octanol–water partition coefficient (Wildman–Crippen LogP) is 8.79. The maximum Gasteiger partial charge on any atom is 0.217 e. The van der Waals surface area contributed by atoms with E-state index in [2.05, 4.69) is 64.2 Å². The van der Waals surface area contributed by atoms with Crippen LogP contribution in [0.3, 0.4) is 0 Å². The summed E-state index contributed by atoms with van der Waals surface area (Å²) in [5.74, 6) is 0.665. The summed E-state index contributed by atoms with van der Waals surface area (Å²) in [5.41, 5.74) is 2.51. The summed E-state index contributed by atoms with van der Waals surface area (Å²) in [5, 5.41) is 8.50. The number of hydrogen-bond acceptors (Lipinski definition) is 3. The van der Waals surface area contributed by atoms with E-state index in [4.69, 9.17) is 37.5 Å². The van der Waals surface area contributed by atoms with Crippen molar-refractivity contribution in [3.63, 3.8) is 0 Å². The van der Waals surface area contributed by atoms with Crippen LogP contribution in [0.5, 0.6) is 5.88 Å². The Bertz CT molecular complexity index is 1310. The molecule has 0 aliphatic carbocycles.